The smallest absolute Gasteiger partial charge is 0.308 e. The average Bonchev–Trinajstić information content (AvgIpc) is 3.14. The van der Waals surface area contributed by atoms with Crippen LogP contribution in [0.5, 0.6) is 0 Å². The zero-order chi connectivity index (χ0) is 25.4. The molecule has 0 spiro atoms. The van der Waals surface area contributed by atoms with Gasteiger partial charge in [-0.25, -0.2) is 0 Å². The minimum absolute atomic E-state index is 0.135. The maximum Gasteiger partial charge on any atom is 0.308 e. The number of carboxylic acids is 1. The number of hydrogen-bond acceptors (Lipinski definition) is 5. The molecule has 0 aromatic rings. The van der Waals surface area contributed by atoms with Crippen LogP contribution < -0.4 is 10.6 Å². The monoisotopic (exact) mass is 486 g/mol. The van der Waals surface area contributed by atoms with Crippen molar-refractivity contribution in [1.29, 1.82) is 0 Å². The molecule has 5 atom stereocenters. The number of aliphatic carboxylic acids is 1. The Balaban J connectivity index is 3.06. The Bertz CT molecular complexity index is 663. The third-order valence-electron chi connectivity index (χ3n) is 7.06. The van der Waals surface area contributed by atoms with Crippen LogP contribution in [-0.2, 0) is 19.1 Å². The standard InChI is InChI=1S/C25H46N2O5S/c1-8-11-14-25(7,33)32-15-24(5,6)23(31)27-21-18(12-13-19(21)22(29)30)20(26-16(4)28)17(9-2)10-3/h17-21,33H,8-15H2,1-7H3,(H,26,28)(H,27,31)(H,29,30)/t18-,19+,20-,21+,25?/m1/s1. The first kappa shape index (κ1) is 29.8. The molecular formula is C25H46N2O5S. The highest BCUT2D eigenvalue weighted by Crippen LogP contribution is 2.38. The second kappa shape index (κ2) is 13.0. The molecule has 1 aliphatic carbocycles. The van der Waals surface area contributed by atoms with Crippen LogP contribution in [0.2, 0.25) is 0 Å². The van der Waals surface area contributed by atoms with Gasteiger partial charge in [0.2, 0.25) is 11.8 Å². The van der Waals surface area contributed by atoms with E-state index in [0.29, 0.717) is 12.8 Å². The van der Waals surface area contributed by atoms with Gasteiger partial charge in [0.25, 0.3) is 0 Å². The summed E-state index contributed by atoms with van der Waals surface area (Å²) in [4.78, 5) is 36.7. The summed E-state index contributed by atoms with van der Waals surface area (Å²) in [6.07, 6.45) is 5.66. The maximum absolute atomic E-state index is 13.3. The molecular weight excluding hydrogens is 440 g/mol. The fourth-order valence-electron chi connectivity index (χ4n) is 4.85. The lowest BCUT2D eigenvalue weighted by molar-refractivity contribution is -0.143. The van der Waals surface area contributed by atoms with Crippen molar-refractivity contribution in [2.45, 2.75) is 110 Å². The van der Waals surface area contributed by atoms with Crippen molar-refractivity contribution in [3.63, 3.8) is 0 Å². The molecule has 1 saturated carbocycles. The Morgan fingerprint density at radius 3 is 2.21 bits per heavy atom. The van der Waals surface area contributed by atoms with E-state index in [2.05, 4.69) is 44.0 Å². The van der Waals surface area contributed by atoms with Crippen LogP contribution in [0.25, 0.3) is 0 Å². The van der Waals surface area contributed by atoms with Crippen LogP contribution in [0.15, 0.2) is 0 Å². The summed E-state index contributed by atoms with van der Waals surface area (Å²) in [6.45, 7) is 13.4. The van der Waals surface area contributed by atoms with Crippen LogP contribution in [0.4, 0.5) is 0 Å². The molecule has 1 aliphatic rings. The minimum Gasteiger partial charge on any atom is -0.481 e. The number of rotatable bonds is 14. The Labute approximate surface area is 205 Å². The number of thiol groups is 1. The Morgan fingerprint density at radius 1 is 1.12 bits per heavy atom. The topological polar surface area (TPSA) is 105 Å². The first-order chi connectivity index (χ1) is 15.3. The van der Waals surface area contributed by atoms with E-state index >= 15 is 0 Å². The summed E-state index contributed by atoms with van der Waals surface area (Å²) >= 11 is 4.60. The first-order valence-electron chi connectivity index (χ1n) is 12.5. The van der Waals surface area contributed by atoms with Gasteiger partial charge in [0.1, 0.15) is 4.93 Å². The van der Waals surface area contributed by atoms with E-state index in [9.17, 15) is 19.5 Å². The fourth-order valence-corrected chi connectivity index (χ4v) is 5.07. The first-order valence-corrected chi connectivity index (χ1v) is 12.9. The molecule has 7 nitrogen and oxygen atoms in total. The molecule has 1 rings (SSSR count). The zero-order valence-corrected chi connectivity index (χ0v) is 22.5. The second-order valence-corrected chi connectivity index (χ2v) is 11.4. The van der Waals surface area contributed by atoms with Crippen molar-refractivity contribution in [2.24, 2.45) is 23.2 Å². The summed E-state index contributed by atoms with van der Waals surface area (Å²) in [5.74, 6) is -1.89. The largest absolute Gasteiger partial charge is 0.481 e. The Hall–Kier alpha value is -1.28. The van der Waals surface area contributed by atoms with Crippen molar-refractivity contribution in [3.05, 3.63) is 0 Å². The van der Waals surface area contributed by atoms with Gasteiger partial charge < -0.3 is 20.5 Å². The molecule has 0 aromatic heterocycles. The van der Waals surface area contributed by atoms with Crippen molar-refractivity contribution < 1.29 is 24.2 Å². The molecule has 0 heterocycles. The maximum atomic E-state index is 13.3. The number of nitrogens with one attached hydrogen (secondary N) is 2. The highest BCUT2D eigenvalue weighted by molar-refractivity contribution is 7.81. The van der Waals surface area contributed by atoms with E-state index in [1.165, 1.54) is 6.92 Å². The molecule has 33 heavy (non-hydrogen) atoms. The highest BCUT2D eigenvalue weighted by atomic mass is 32.1. The van der Waals surface area contributed by atoms with Crippen LogP contribution in [0.3, 0.4) is 0 Å². The van der Waals surface area contributed by atoms with Crippen molar-refractivity contribution in [3.8, 4) is 0 Å². The van der Waals surface area contributed by atoms with E-state index in [-0.39, 0.29) is 36.3 Å². The molecule has 8 heteroatoms. The molecule has 192 valence electrons. The fraction of sp³-hybridized carbons (Fsp3) is 0.880. The van der Waals surface area contributed by atoms with Gasteiger partial charge in [-0.05, 0) is 52.4 Å². The third-order valence-corrected chi connectivity index (χ3v) is 7.41. The predicted molar refractivity (Wildman–Crippen MR) is 134 cm³/mol. The zero-order valence-electron chi connectivity index (χ0n) is 21.6. The lowest BCUT2D eigenvalue weighted by Gasteiger charge is -2.37. The Morgan fingerprint density at radius 2 is 1.73 bits per heavy atom. The molecule has 0 aromatic carbocycles. The molecule has 0 aliphatic heterocycles. The van der Waals surface area contributed by atoms with Crippen LogP contribution in [0.1, 0.15) is 93.4 Å². The number of carboxylic acid groups (broad SMARTS) is 1. The summed E-state index contributed by atoms with van der Waals surface area (Å²) in [6, 6.07) is -0.726. The SMILES string of the molecule is CCCCC(C)(S)OCC(C)(C)C(=O)N[C@H]1[C@@H]([C@H](NC(C)=O)C(CC)CC)CC[C@@H]1C(=O)O. The van der Waals surface area contributed by atoms with Gasteiger partial charge in [0.15, 0.2) is 0 Å². The number of ether oxygens (including phenoxy) is 1. The van der Waals surface area contributed by atoms with E-state index in [1.807, 2.05) is 6.92 Å². The number of carbonyl (C=O) groups is 3. The lowest BCUT2D eigenvalue weighted by Crippen LogP contribution is -2.55. The van der Waals surface area contributed by atoms with Gasteiger partial charge in [-0.2, -0.15) is 0 Å². The molecule has 0 bridgehead atoms. The summed E-state index contributed by atoms with van der Waals surface area (Å²) < 4.78 is 5.99. The van der Waals surface area contributed by atoms with Crippen LogP contribution in [-0.4, -0.2) is 46.5 Å². The van der Waals surface area contributed by atoms with E-state index in [0.717, 1.165) is 32.1 Å². The predicted octanol–water partition coefficient (Wildman–Crippen LogP) is 4.40. The number of unbranched alkanes of at least 4 members (excludes halogenated alkanes) is 1. The normalized spacial score (nSPS) is 23.7. The van der Waals surface area contributed by atoms with Gasteiger partial charge in [-0.3, -0.25) is 14.4 Å². The molecule has 2 amide bonds. The number of carbonyl (C=O) groups excluding carboxylic acids is 2. The van der Waals surface area contributed by atoms with Crippen molar-refractivity contribution in [1.82, 2.24) is 10.6 Å². The van der Waals surface area contributed by atoms with Gasteiger partial charge in [0.05, 0.1) is 17.9 Å². The molecule has 1 fully saturated rings. The average molecular weight is 487 g/mol. The van der Waals surface area contributed by atoms with E-state index in [1.54, 1.807) is 13.8 Å². The third kappa shape index (κ3) is 8.78. The van der Waals surface area contributed by atoms with Gasteiger partial charge in [0, 0.05) is 24.9 Å². The summed E-state index contributed by atoms with van der Waals surface area (Å²) in [5, 5.41) is 16.0. The molecule has 3 N–H and O–H groups in total. The quantitative estimate of drug-likeness (QED) is 0.215. The van der Waals surface area contributed by atoms with Crippen LogP contribution in [0, 0.1) is 23.2 Å². The van der Waals surface area contributed by atoms with Crippen molar-refractivity contribution >= 4 is 30.4 Å². The summed E-state index contributed by atoms with van der Waals surface area (Å²) in [7, 11) is 0. The van der Waals surface area contributed by atoms with Gasteiger partial charge >= 0.3 is 5.97 Å². The highest BCUT2D eigenvalue weighted by Gasteiger charge is 2.47. The van der Waals surface area contributed by atoms with Crippen molar-refractivity contribution in [2.75, 3.05) is 6.61 Å². The minimum atomic E-state index is -0.912. The number of hydrogen-bond donors (Lipinski definition) is 4. The molecule has 0 saturated heterocycles. The summed E-state index contributed by atoms with van der Waals surface area (Å²) in [5.41, 5.74) is -0.856. The number of amides is 2. The van der Waals surface area contributed by atoms with E-state index in [4.69, 9.17) is 4.74 Å². The lowest BCUT2D eigenvalue weighted by atomic mass is 9.80. The second-order valence-electron chi connectivity index (χ2n) is 10.4. The van der Waals surface area contributed by atoms with Gasteiger partial charge in [-0.1, -0.05) is 40.0 Å². The van der Waals surface area contributed by atoms with Gasteiger partial charge in [-0.15, -0.1) is 12.6 Å². The molecule has 0 radical (unpaired) electrons. The van der Waals surface area contributed by atoms with E-state index < -0.39 is 28.3 Å². The molecule has 1 unspecified atom stereocenters. The van der Waals surface area contributed by atoms with Crippen LogP contribution >= 0.6 is 12.6 Å². The Kier molecular flexibility index (Phi) is 11.7.